The normalized spacial score (nSPS) is 20.8. The number of anilines is 2. The zero-order valence-corrected chi connectivity index (χ0v) is 19.9. The van der Waals surface area contributed by atoms with E-state index < -0.39 is 17.6 Å². The molecule has 1 saturated heterocycles. The molecule has 34 heavy (non-hydrogen) atoms. The van der Waals surface area contributed by atoms with E-state index in [1.54, 1.807) is 29.2 Å². The van der Waals surface area contributed by atoms with Gasteiger partial charge in [0.1, 0.15) is 16.7 Å². The minimum Gasteiger partial charge on any atom is -0.325 e. The Morgan fingerprint density at radius 3 is 2.47 bits per heavy atom. The molecule has 174 valence electrons. The molecular formula is C25H22FN3O3S2. The van der Waals surface area contributed by atoms with Gasteiger partial charge in [0.25, 0.3) is 11.8 Å². The van der Waals surface area contributed by atoms with Gasteiger partial charge >= 0.3 is 0 Å². The van der Waals surface area contributed by atoms with Crippen LogP contribution >= 0.6 is 24.0 Å². The molecule has 1 N–H and O–H groups in total. The SMILES string of the molecule is O=C(CN1C(=O)/C(=C2\SC(=S)N(C3CCCCC3)C2=O)c2ccccc21)Nc1ccc(F)cc1. The van der Waals surface area contributed by atoms with Gasteiger partial charge in [-0.1, -0.05) is 61.4 Å². The molecule has 2 heterocycles. The summed E-state index contributed by atoms with van der Waals surface area (Å²) in [5.41, 5.74) is 1.91. The first-order chi connectivity index (χ1) is 16.4. The van der Waals surface area contributed by atoms with Crippen molar-refractivity contribution < 1.29 is 18.8 Å². The lowest BCUT2D eigenvalue weighted by Gasteiger charge is -2.29. The molecule has 3 aliphatic rings. The predicted octanol–water partition coefficient (Wildman–Crippen LogP) is 4.72. The number of rotatable bonds is 4. The van der Waals surface area contributed by atoms with Crippen LogP contribution < -0.4 is 10.2 Å². The maximum atomic E-state index is 13.5. The Labute approximate surface area is 206 Å². The number of nitrogens with one attached hydrogen (secondary N) is 1. The fourth-order valence-electron chi connectivity index (χ4n) is 4.72. The molecule has 0 radical (unpaired) electrons. The number of amides is 3. The van der Waals surface area contributed by atoms with E-state index >= 15 is 0 Å². The topological polar surface area (TPSA) is 69.7 Å². The van der Waals surface area contributed by atoms with Gasteiger partial charge in [-0.05, 0) is 43.2 Å². The summed E-state index contributed by atoms with van der Waals surface area (Å²) in [5.74, 6) is -1.46. The van der Waals surface area contributed by atoms with Gasteiger partial charge in [0.05, 0.1) is 16.2 Å². The summed E-state index contributed by atoms with van der Waals surface area (Å²) in [7, 11) is 0. The molecule has 5 rings (SSSR count). The standard InChI is InChI=1S/C25H22FN3O3S2/c26-15-10-12-16(13-11-15)27-20(30)14-28-19-9-5-4-8-18(19)21(23(28)31)22-24(32)29(25(33)34-22)17-6-2-1-3-7-17/h4-5,8-13,17H,1-3,6-7,14H2,(H,27,30)/b22-21-. The number of carbonyl (C=O) groups excluding carboxylic acids is 3. The van der Waals surface area contributed by atoms with Crippen molar-refractivity contribution in [3.8, 4) is 0 Å². The maximum absolute atomic E-state index is 13.5. The summed E-state index contributed by atoms with van der Waals surface area (Å²) in [5, 5.41) is 2.68. The third-order valence-electron chi connectivity index (χ3n) is 6.32. The zero-order valence-electron chi connectivity index (χ0n) is 18.3. The molecule has 0 aromatic heterocycles. The number of nitrogens with zero attached hydrogens (tertiary/aromatic N) is 2. The van der Waals surface area contributed by atoms with Gasteiger partial charge in [-0.15, -0.1) is 0 Å². The van der Waals surface area contributed by atoms with Crippen molar-refractivity contribution in [3.63, 3.8) is 0 Å². The van der Waals surface area contributed by atoms with Crippen molar-refractivity contribution in [1.82, 2.24) is 4.90 Å². The summed E-state index contributed by atoms with van der Waals surface area (Å²) in [6, 6.07) is 12.6. The molecule has 6 nitrogen and oxygen atoms in total. The Bertz CT molecular complexity index is 1220. The van der Waals surface area contributed by atoms with Crippen LogP contribution in [0.4, 0.5) is 15.8 Å². The molecule has 0 bridgehead atoms. The smallest absolute Gasteiger partial charge is 0.267 e. The molecule has 9 heteroatoms. The fourth-order valence-corrected chi connectivity index (χ4v) is 6.19. The second kappa shape index (κ2) is 9.31. The van der Waals surface area contributed by atoms with Crippen molar-refractivity contribution >= 4 is 63.0 Å². The van der Waals surface area contributed by atoms with Crippen molar-refractivity contribution in [2.24, 2.45) is 0 Å². The van der Waals surface area contributed by atoms with Crippen molar-refractivity contribution in [2.75, 3.05) is 16.8 Å². The molecular weight excluding hydrogens is 473 g/mol. The van der Waals surface area contributed by atoms with E-state index in [9.17, 15) is 18.8 Å². The van der Waals surface area contributed by atoms with Gasteiger partial charge in [-0.3, -0.25) is 24.2 Å². The van der Waals surface area contributed by atoms with Crippen LogP contribution in [0.5, 0.6) is 0 Å². The Balaban J connectivity index is 1.43. The summed E-state index contributed by atoms with van der Waals surface area (Å²) in [6.45, 7) is -0.236. The first-order valence-corrected chi connectivity index (χ1v) is 12.4. The van der Waals surface area contributed by atoms with Gasteiger partial charge in [-0.2, -0.15) is 0 Å². The van der Waals surface area contributed by atoms with E-state index in [1.165, 1.54) is 40.9 Å². The molecule has 2 aliphatic heterocycles. The number of halogens is 1. The van der Waals surface area contributed by atoms with Crippen molar-refractivity contribution in [3.05, 3.63) is 64.8 Å². The van der Waals surface area contributed by atoms with Crippen LogP contribution in [0.25, 0.3) is 5.57 Å². The van der Waals surface area contributed by atoms with Crippen LogP contribution in [0, 0.1) is 5.82 Å². The monoisotopic (exact) mass is 495 g/mol. The highest BCUT2D eigenvalue weighted by Crippen LogP contribution is 2.45. The Morgan fingerprint density at radius 2 is 1.74 bits per heavy atom. The molecule has 3 amide bonds. The maximum Gasteiger partial charge on any atom is 0.267 e. The highest BCUT2D eigenvalue weighted by molar-refractivity contribution is 8.26. The average Bonchev–Trinajstić information content (AvgIpc) is 3.28. The molecule has 0 spiro atoms. The first kappa shape index (κ1) is 22.7. The minimum atomic E-state index is -0.425. The van der Waals surface area contributed by atoms with E-state index in [0.717, 1.165) is 32.1 Å². The molecule has 1 aliphatic carbocycles. The predicted molar refractivity (Wildman–Crippen MR) is 135 cm³/mol. The fraction of sp³-hybridized carbons (Fsp3) is 0.280. The second-order valence-electron chi connectivity index (χ2n) is 8.50. The minimum absolute atomic E-state index is 0.0729. The molecule has 0 atom stereocenters. The molecule has 2 fully saturated rings. The number of para-hydroxylation sites is 1. The summed E-state index contributed by atoms with van der Waals surface area (Å²) < 4.78 is 13.6. The van der Waals surface area contributed by atoms with E-state index in [-0.39, 0.29) is 18.5 Å². The lowest BCUT2D eigenvalue weighted by atomic mass is 9.94. The van der Waals surface area contributed by atoms with Crippen LogP contribution in [-0.2, 0) is 14.4 Å². The quantitative estimate of drug-likeness (QED) is 0.491. The Morgan fingerprint density at radius 1 is 1.03 bits per heavy atom. The average molecular weight is 496 g/mol. The summed E-state index contributed by atoms with van der Waals surface area (Å²) in [6.07, 6.45) is 5.11. The number of hydrogen-bond donors (Lipinski definition) is 1. The first-order valence-electron chi connectivity index (χ1n) is 11.2. The molecule has 2 aromatic carbocycles. The van der Waals surface area contributed by atoms with E-state index in [1.807, 2.05) is 0 Å². The second-order valence-corrected chi connectivity index (χ2v) is 10.1. The number of thioether (sulfide) groups is 1. The number of fused-ring (bicyclic) bond motifs is 1. The van der Waals surface area contributed by atoms with Crippen LogP contribution in [0.3, 0.4) is 0 Å². The zero-order chi connectivity index (χ0) is 23.8. The molecule has 1 saturated carbocycles. The van der Waals surface area contributed by atoms with Crippen LogP contribution in [0.2, 0.25) is 0 Å². The Kier molecular flexibility index (Phi) is 6.22. The number of thiocarbonyl (C=S) groups is 1. The highest BCUT2D eigenvalue weighted by Gasteiger charge is 2.44. The van der Waals surface area contributed by atoms with Gasteiger partial charge in [0.2, 0.25) is 5.91 Å². The van der Waals surface area contributed by atoms with Gasteiger partial charge in [-0.25, -0.2) is 4.39 Å². The lowest BCUT2D eigenvalue weighted by Crippen LogP contribution is -2.40. The number of benzene rings is 2. The van der Waals surface area contributed by atoms with Gasteiger partial charge in [0, 0.05) is 17.3 Å². The Hall–Kier alpha value is -3.04. The van der Waals surface area contributed by atoms with Gasteiger partial charge in [0.15, 0.2) is 0 Å². The van der Waals surface area contributed by atoms with Crippen LogP contribution in [-0.4, -0.2) is 39.5 Å². The largest absolute Gasteiger partial charge is 0.325 e. The third kappa shape index (κ3) is 4.14. The third-order valence-corrected chi connectivity index (χ3v) is 7.72. The van der Waals surface area contributed by atoms with E-state index in [0.29, 0.717) is 31.7 Å². The number of carbonyl (C=O) groups is 3. The van der Waals surface area contributed by atoms with Crippen molar-refractivity contribution in [2.45, 2.75) is 38.1 Å². The summed E-state index contributed by atoms with van der Waals surface area (Å²) in [4.78, 5) is 43.0. The van der Waals surface area contributed by atoms with Crippen LogP contribution in [0.1, 0.15) is 37.7 Å². The van der Waals surface area contributed by atoms with Gasteiger partial charge < -0.3 is 5.32 Å². The highest BCUT2D eigenvalue weighted by atomic mass is 32.2. The summed E-state index contributed by atoms with van der Waals surface area (Å²) >= 11 is 6.72. The van der Waals surface area contributed by atoms with Crippen LogP contribution in [0.15, 0.2) is 53.4 Å². The van der Waals surface area contributed by atoms with E-state index in [2.05, 4.69) is 5.32 Å². The number of hydrogen-bond acceptors (Lipinski definition) is 5. The molecule has 2 aromatic rings. The molecule has 0 unspecified atom stereocenters. The van der Waals surface area contributed by atoms with E-state index in [4.69, 9.17) is 12.2 Å². The lowest BCUT2D eigenvalue weighted by molar-refractivity contribution is -0.124. The van der Waals surface area contributed by atoms with Crippen molar-refractivity contribution in [1.29, 1.82) is 0 Å².